The van der Waals surface area contributed by atoms with Crippen molar-refractivity contribution in [1.82, 2.24) is 19.4 Å². The van der Waals surface area contributed by atoms with Gasteiger partial charge in [-0.2, -0.15) is 0 Å². The molecule has 5 rings (SSSR count). The lowest BCUT2D eigenvalue weighted by Gasteiger charge is -2.27. The smallest absolute Gasteiger partial charge is 0.256 e. The molecule has 1 aliphatic heterocycles. The number of fused-ring (bicyclic) bond motifs is 2. The summed E-state index contributed by atoms with van der Waals surface area (Å²) in [7, 11) is -3.55. The first kappa shape index (κ1) is 20.7. The van der Waals surface area contributed by atoms with E-state index in [-0.39, 0.29) is 10.7 Å². The summed E-state index contributed by atoms with van der Waals surface area (Å²) < 4.78 is 25.8. The Morgan fingerprint density at radius 3 is 2.56 bits per heavy atom. The number of aromatic amines is 1. The van der Waals surface area contributed by atoms with Crippen LogP contribution in [0.5, 0.6) is 0 Å². The second kappa shape index (κ2) is 8.03. The van der Waals surface area contributed by atoms with Gasteiger partial charge in [0.2, 0.25) is 15.0 Å². The SMILES string of the molecule is CS(=O)(=O)c1nc2c(c(=O)[nH]1)CN(Cc1cn(Cc3ccccc3)c3ccccc13)CC2. The van der Waals surface area contributed by atoms with Crippen LogP contribution in [0.1, 0.15) is 22.4 Å². The van der Waals surface area contributed by atoms with Gasteiger partial charge in [-0.05, 0) is 17.2 Å². The summed E-state index contributed by atoms with van der Waals surface area (Å²) in [6.07, 6.45) is 3.80. The highest BCUT2D eigenvalue weighted by molar-refractivity contribution is 7.90. The van der Waals surface area contributed by atoms with Crippen molar-refractivity contribution in [3.05, 3.63) is 93.5 Å². The summed E-state index contributed by atoms with van der Waals surface area (Å²) in [6.45, 7) is 2.65. The molecule has 0 spiro atoms. The van der Waals surface area contributed by atoms with Crippen LogP contribution < -0.4 is 5.56 Å². The van der Waals surface area contributed by atoms with Gasteiger partial charge in [-0.3, -0.25) is 14.7 Å². The van der Waals surface area contributed by atoms with Gasteiger partial charge < -0.3 is 4.57 Å². The van der Waals surface area contributed by atoms with Gasteiger partial charge >= 0.3 is 0 Å². The zero-order valence-electron chi connectivity index (χ0n) is 17.8. The number of nitrogens with one attached hydrogen (secondary N) is 1. The zero-order valence-corrected chi connectivity index (χ0v) is 18.6. The van der Waals surface area contributed by atoms with E-state index >= 15 is 0 Å². The van der Waals surface area contributed by atoms with Crippen LogP contribution in [-0.2, 0) is 35.9 Å². The number of rotatable bonds is 5. The van der Waals surface area contributed by atoms with Crippen LogP contribution in [0.2, 0.25) is 0 Å². The molecule has 32 heavy (non-hydrogen) atoms. The normalized spacial score (nSPS) is 14.5. The van der Waals surface area contributed by atoms with Crippen molar-refractivity contribution in [2.24, 2.45) is 0 Å². The van der Waals surface area contributed by atoms with E-state index < -0.39 is 9.84 Å². The number of nitrogens with zero attached hydrogens (tertiary/aromatic N) is 3. The molecule has 3 heterocycles. The molecule has 0 saturated carbocycles. The molecular weight excluding hydrogens is 424 g/mol. The van der Waals surface area contributed by atoms with E-state index in [4.69, 9.17) is 0 Å². The second-order valence-corrected chi connectivity index (χ2v) is 10.2. The highest BCUT2D eigenvalue weighted by Gasteiger charge is 2.24. The van der Waals surface area contributed by atoms with Crippen molar-refractivity contribution in [3.63, 3.8) is 0 Å². The molecule has 0 amide bonds. The van der Waals surface area contributed by atoms with Crippen LogP contribution in [0.4, 0.5) is 0 Å². The molecule has 4 aromatic rings. The zero-order chi connectivity index (χ0) is 22.3. The maximum Gasteiger partial charge on any atom is 0.256 e. The number of H-pyrrole nitrogens is 1. The minimum atomic E-state index is -3.55. The molecule has 0 unspecified atom stereocenters. The minimum Gasteiger partial charge on any atom is -0.343 e. The summed E-state index contributed by atoms with van der Waals surface area (Å²) >= 11 is 0. The monoisotopic (exact) mass is 448 g/mol. The van der Waals surface area contributed by atoms with Gasteiger partial charge in [-0.25, -0.2) is 13.4 Å². The van der Waals surface area contributed by atoms with Crippen LogP contribution in [0, 0.1) is 0 Å². The van der Waals surface area contributed by atoms with E-state index in [1.54, 1.807) is 0 Å². The number of hydrogen-bond donors (Lipinski definition) is 1. The molecule has 1 aliphatic rings. The topological polar surface area (TPSA) is 88.1 Å². The molecule has 0 radical (unpaired) electrons. The maximum atomic E-state index is 12.6. The number of para-hydroxylation sites is 1. The van der Waals surface area contributed by atoms with Crippen LogP contribution in [-0.4, -0.2) is 40.7 Å². The number of sulfone groups is 1. The third-order valence-electron chi connectivity index (χ3n) is 5.94. The van der Waals surface area contributed by atoms with E-state index in [0.29, 0.717) is 37.3 Å². The van der Waals surface area contributed by atoms with Gasteiger partial charge in [0.15, 0.2) is 0 Å². The fourth-order valence-corrected chi connectivity index (χ4v) is 4.92. The van der Waals surface area contributed by atoms with Crippen molar-refractivity contribution in [1.29, 1.82) is 0 Å². The number of hydrogen-bond acceptors (Lipinski definition) is 5. The molecule has 0 saturated heterocycles. The molecule has 0 fully saturated rings. The van der Waals surface area contributed by atoms with Gasteiger partial charge in [0.05, 0.1) is 11.3 Å². The third kappa shape index (κ3) is 3.99. The van der Waals surface area contributed by atoms with Crippen molar-refractivity contribution in [2.45, 2.75) is 31.2 Å². The first-order chi connectivity index (χ1) is 15.4. The fourth-order valence-electron chi connectivity index (χ4n) is 4.37. The van der Waals surface area contributed by atoms with E-state index in [2.05, 4.69) is 56.0 Å². The Labute approximate surface area is 186 Å². The highest BCUT2D eigenvalue weighted by Crippen LogP contribution is 2.25. The molecule has 0 aliphatic carbocycles. The second-order valence-electron chi connectivity index (χ2n) is 8.31. The molecule has 2 aromatic carbocycles. The van der Waals surface area contributed by atoms with Gasteiger partial charge in [-0.15, -0.1) is 0 Å². The summed E-state index contributed by atoms with van der Waals surface area (Å²) in [4.78, 5) is 21.4. The molecule has 7 nitrogen and oxygen atoms in total. The molecule has 8 heteroatoms. The Kier molecular flexibility index (Phi) is 5.19. The lowest BCUT2D eigenvalue weighted by Crippen LogP contribution is -2.36. The first-order valence-corrected chi connectivity index (χ1v) is 12.4. The molecule has 1 N–H and O–H groups in total. The Morgan fingerprint density at radius 1 is 1.03 bits per heavy atom. The van der Waals surface area contributed by atoms with Crippen molar-refractivity contribution in [2.75, 3.05) is 12.8 Å². The molecule has 164 valence electrons. The summed E-state index contributed by atoms with van der Waals surface area (Å²) in [5, 5.41) is 0.951. The lowest BCUT2D eigenvalue weighted by atomic mass is 10.1. The summed E-state index contributed by atoms with van der Waals surface area (Å²) in [5.41, 5.74) is 4.39. The van der Waals surface area contributed by atoms with E-state index in [9.17, 15) is 13.2 Å². The Morgan fingerprint density at radius 2 is 1.78 bits per heavy atom. The Balaban J connectivity index is 1.43. The fraction of sp³-hybridized carbons (Fsp3) is 0.250. The van der Waals surface area contributed by atoms with Crippen LogP contribution in [0.3, 0.4) is 0 Å². The van der Waals surface area contributed by atoms with Crippen molar-refractivity contribution >= 4 is 20.7 Å². The molecule has 2 aromatic heterocycles. The average molecular weight is 449 g/mol. The van der Waals surface area contributed by atoms with Crippen molar-refractivity contribution < 1.29 is 8.42 Å². The van der Waals surface area contributed by atoms with Crippen LogP contribution in [0.25, 0.3) is 10.9 Å². The quantitative estimate of drug-likeness (QED) is 0.475. The summed E-state index contributed by atoms with van der Waals surface area (Å²) in [5.74, 6) is 0. The van der Waals surface area contributed by atoms with Gasteiger partial charge in [0.25, 0.3) is 5.56 Å². The van der Waals surface area contributed by atoms with Crippen LogP contribution in [0.15, 0.2) is 70.7 Å². The third-order valence-corrected chi connectivity index (χ3v) is 6.83. The minimum absolute atomic E-state index is 0.251. The van der Waals surface area contributed by atoms with E-state index in [1.165, 1.54) is 22.0 Å². The van der Waals surface area contributed by atoms with Gasteiger partial charge in [0.1, 0.15) is 0 Å². The molecular formula is C24H24N4O3S. The Hall–Kier alpha value is -3.23. The maximum absolute atomic E-state index is 12.6. The predicted octanol–water partition coefficient (Wildman–Crippen LogP) is 2.73. The number of aromatic nitrogens is 3. The highest BCUT2D eigenvalue weighted by atomic mass is 32.2. The molecule has 0 bridgehead atoms. The largest absolute Gasteiger partial charge is 0.343 e. The Bertz CT molecular complexity index is 1460. The van der Waals surface area contributed by atoms with Gasteiger partial charge in [0, 0.05) is 56.0 Å². The van der Waals surface area contributed by atoms with Crippen molar-refractivity contribution in [3.8, 4) is 0 Å². The standard InChI is InChI=1S/C24H24N4O3S/c1-32(30,31)24-25-21-11-12-27(16-20(21)23(29)26-24)14-18-15-28(13-17-7-3-2-4-8-17)22-10-6-5-9-19(18)22/h2-10,15H,11-14,16H2,1H3,(H,25,26,29). The number of benzene rings is 2. The lowest BCUT2D eigenvalue weighted by molar-refractivity contribution is 0.241. The first-order valence-electron chi connectivity index (χ1n) is 10.5. The van der Waals surface area contributed by atoms with E-state index in [0.717, 1.165) is 12.8 Å². The predicted molar refractivity (Wildman–Crippen MR) is 123 cm³/mol. The van der Waals surface area contributed by atoms with Gasteiger partial charge in [-0.1, -0.05) is 48.5 Å². The van der Waals surface area contributed by atoms with E-state index in [1.807, 2.05) is 24.3 Å². The van der Waals surface area contributed by atoms with Crippen LogP contribution >= 0.6 is 0 Å². The molecule has 0 atom stereocenters. The summed E-state index contributed by atoms with van der Waals surface area (Å²) in [6, 6.07) is 18.7. The average Bonchev–Trinajstić information content (AvgIpc) is 3.11.